The minimum atomic E-state index is -4.81. The first-order chi connectivity index (χ1) is 23.2. The highest BCUT2D eigenvalue weighted by Gasteiger charge is 2.37. The van der Waals surface area contributed by atoms with E-state index >= 15 is 0 Å². The summed E-state index contributed by atoms with van der Waals surface area (Å²) in [5.74, 6) is -2.17. The highest BCUT2D eigenvalue weighted by Crippen LogP contribution is 2.37. The van der Waals surface area contributed by atoms with Crippen LogP contribution in [0.3, 0.4) is 0 Å². The van der Waals surface area contributed by atoms with E-state index in [0.717, 1.165) is 6.07 Å². The Morgan fingerprint density at radius 2 is 1.59 bits per heavy atom. The van der Waals surface area contributed by atoms with E-state index in [-0.39, 0.29) is 29.2 Å². The number of hydrogen-bond donors (Lipinski definition) is 1. The monoisotopic (exact) mass is 674 g/mol. The lowest BCUT2D eigenvalue weighted by molar-refractivity contribution is -0.138. The van der Waals surface area contributed by atoms with Gasteiger partial charge in [0.2, 0.25) is 0 Å². The molecular weight excluding hydrogens is 637 g/mol. The first kappa shape index (κ1) is 36.4. The van der Waals surface area contributed by atoms with Crippen molar-refractivity contribution in [3.8, 4) is 16.9 Å². The Morgan fingerprint density at radius 3 is 2.22 bits per heavy atom. The minimum Gasteiger partial charge on any atom is -0.465 e. The highest BCUT2D eigenvalue weighted by atomic mass is 19.4. The predicted octanol–water partition coefficient (Wildman–Crippen LogP) is 8.16. The smallest absolute Gasteiger partial charge is 0.417 e. The lowest BCUT2D eigenvalue weighted by Gasteiger charge is -2.19. The van der Waals surface area contributed by atoms with E-state index < -0.39 is 41.1 Å². The topological polar surface area (TPSA) is 102 Å². The van der Waals surface area contributed by atoms with Crippen LogP contribution in [0.2, 0.25) is 0 Å². The number of esters is 2. The third-order valence-corrected chi connectivity index (χ3v) is 7.77. The molecule has 1 N–H and O–H groups in total. The number of benzene rings is 4. The van der Waals surface area contributed by atoms with Crippen molar-refractivity contribution < 1.29 is 41.8 Å². The summed E-state index contributed by atoms with van der Waals surface area (Å²) in [4.78, 5) is 52.8. The summed E-state index contributed by atoms with van der Waals surface area (Å²) in [5.41, 5.74) is 0.665. The van der Waals surface area contributed by atoms with Gasteiger partial charge >= 0.3 is 18.1 Å². The van der Waals surface area contributed by atoms with Gasteiger partial charge in [-0.25, -0.2) is 4.79 Å². The molecule has 0 bridgehead atoms. The van der Waals surface area contributed by atoms with Crippen molar-refractivity contribution in [3.05, 3.63) is 118 Å². The Hall–Kier alpha value is -5.45. The molecule has 0 spiro atoms. The van der Waals surface area contributed by atoms with Crippen LogP contribution < -0.4 is 10.1 Å². The molecule has 0 heterocycles. The van der Waals surface area contributed by atoms with Crippen LogP contribution in [0, 0.1) is 0 Å². The molecule has 0 aromatic heterocycles. The van der Waals surface area contributed by atoms with Crippen molar-refractivity contribution in [2.45, 2.75) is 45.2 Å². The number of halogens is 3. The average molecular weight is 675 g/mol. The summed E-state index contributed by atoms with van der Waals surface area (Å²) in [6.07, 6.45) is -4.04. The normalized spacial score (nSPS) is 11.2. The number of carbonyl (C=O) groups is 4. The molecule has 49 heavy (non-hydrogen) atoms. The van der Waals surface area contributed by atoms with E-state index in [1.165, 1.54) is 50.4 Å². The molecule has 0 aliphatic heterocycles. The van der Waals surface area contributed by atoms with E-state index in [1.807, 2.05) is 13.8 Å². The van der Waals surface area contributed by atoms with Gasteiger partial charge in [0.15, 0.2) is 0 Å². The lowest BCUT2D eigenvalue weighted by Crippen LogP contribution is -2.25. The van der Waals surface area contributed by atoms with E-state index in [2.05, 4.69) is 5.32 Å². The second-order valence-corrected chi connectivity index (χ2v) is 11.9. The van der Waals surface area contributed by atoms with Gasteiger partial charge < -0.3 is 19.7 Å². The zero-order valence-corrected chi connectivity index (χ0v) is 27.8. The van der Waals surface area contributed by atoms with Crippen LogP contribution in [0.1, 0.15) is 80.4 Å². The van der Waals surface area contributed by atoms with E-state index in [1.54, 1.807) is 54.6 Å². The fraction of sp³-hybridized carbons (Fsp3) is 0.263. The van der Waals surface area contributed by atoms with Gasteiger partial charge in [0.1, 0.15) is 5.75 Å². The van der Waals surface area contributed by atoms with Gasteiger partial charge in [-0.05, 0) is 77.4 Å². The number of ether oxygens (including phenoxy) is 2. The Morgan fingerprint density at radius 1 is 0.878 bits per heavy atom. The Balaban J connectivity index is 1.54. The third kappa shape index (κ3) is 8.92. The van der Waals surface area contributed by atoms with Gasteiger partial charge in [-0.2, -0.15) is 13.2 Å². The maximum atomic E-state index is 14.1. The molecule has 4 aromatic carbocycles. The second-order valence-electron chi connectivity index (χ2n) is 11.9. The summed E-state index contributed by atoms with van der Waals surface area (Å²) >= 11 is 0. The van der Waals surface area contributed by atoms with Crippen molar-refractivity contribution in [2.75, 3.05) is 26.5 Å². The molecular formula is C38H37F3N2O6. The molecule has 4 aromatic rings. The van der Waals surface area contributed by atoms with Crippen molar-refractivity contribution in [1.29, 1.82) is 0 Å². The van der Waals surface area contributed by atoms with Crippen LogP contribution in [-0.4, -0.2) is 49.9 Å². The number of methoxy groups -OCH3 is 1. The maximum Gasteiger partial charge on any atom is 0.417 e. The number of carbonyl (C=O) groups excluding carboxylic acids is 4. The Bertz CT molecular complexity index is 1850. The molecule has 11 heteroatoms. The van der Waals surface area contributed by atoms with Gasteiger partial charge in [-0.15, -0.1) is 0 Å². The summed E-state index contributed by atoms with van der Waals surface area (Å²) in [7, 11) is 4.33. The fourth-order valence-electron chi connectivity index (χ4n) is 5.30. The summed E-state index contributed by atoms with van der Waals surface area (Å²) in [5, 5.41) is 2.55. The van der Waals surface area contributed by atoms with Crippen LogP contribution in [0.4, 0.5) is 18.9 Å². The molecule has 0 unspecified atom stereocenters. The number of nitrogens with one attached hydrogen (secondary N) is 1. The molecule has 2 amide bonds. The van der Waals surface area contributed by atoms with Crippen LogP contribution in [0.15, 0.2) is 84.9 Å². The summed E-state index contributed by atoms with van der Waals surface area (Å²) in [6, 6.07) is 21.2. The number of amides is 2. The van der Waals surface area contributed by atoms with Crippen LogP contribution in [0.25, 0.3) is 11.1 Å². The molecule has 0 atom stereocenters. The number of alkyl halides is 3. The molecule has 0 radical (unpaired) electrons. The van der Waals surface area contributed by atoms with Crippen molar-refractivity contribution in [3.63, 3.8) is 0 Å². The van der Waals surface area contributed by atoms with Gasteiger partial charge in [0.05, 0.1) is 35.1 Å². The molecule has 0 aliphatic carbocycles. The first-order valence-electron chi connectivity index (χ1n) is 15.6. The first-order valence-corrected chi connectivity index (χ1v) is 15.6. The zero-order chi connectivity index (χ0) is 35.9. The number of rotatable bonds is 11. The van der Waals surface area contributed by atoms with E-state index in [4.69, 9.17) is 9.47 Å². The van der Waals surface area contributed by atoms with Crippen molar-refractivity contribution in [2.24, 2.45) is 0 Å². The van der Waals surface area contributed by atoms with E-state index in [9.17, 15) is 32.3 Å². The number of anilines is 1. The molecule has 4 rings (SSSR count). The number of nitrogens with zero attached hydrogens (tertiary/aromatic N) is 1. The third-order valence-electron chi connectivity index (χ3n) is 7.77. The number of hydrogen-bond acceptors (Lipinski definition) is 6. The van der Waals surface area contributed by atoms with Crippen molar-refractivity contribution in [1.82, 2.24) is 4.90 Å². The summed E-state index contributed by atoms with van der Waals surface area (Å²) in [6.45, 7) is 3.81. The molecule has 0 aliphatic rings. The predicted molar refractivity (Wildman–Crippen MR) is 180 cm³/mol. The molecule has 8 nitrogen and oxygen atoms in total. The Labute approximate surface area is 282 Å². The largest absolute Gasteiger partial charge is 0.465 e. The maximum absolute atomic E-state index is 14.1. The molecule has 256 valence electrons. The molecule has 0 fully saturated rings. The van der Waals surface area contributed by atoms with Crippen molar-refractivity contribution >= 4 is 29.4 Å². The highest BCUT2D eigenvalue weighted by molar-refractivity contribution is 6.12. The zero-order valence-electron chi connectivity index (χ0n) is 27.8. The average Bonchev–Trinajstić information content (AvgIpc) is 3.07. The van der Waals surface area contributed by atoms with Gasteiger partial charge in [-0.1, -0.05) is 62.4 Å². The number of aryl methyl sites for hydroxylation is 1. The van der Waals surface area contributed by atoms with Gasteiger partial charge in [0.25, 0.3) is 11.8 Å². The van der Waals surface area contributed by atoms with Crippen LogP contribution in [-0.2, 0) is 22.1 Å². The van der Waals surface area contributed by atoms with Crippen LogP contribution in [0.5, 0.6) is 5.75 Å². The molecule has 0 saturated heterocycles. The van der Waals surface area contributed by atoms with Gasteiger partial charge in [0, 0.05) is 20.5 Å². The second kappa shape index (κ2) is 15.6. The quantitative estimate of drug-likeness (QED) is 0.127. The lowest BCUT2D eigenvalue weighted by atomic mass is 9.94. The van der Waals surface area contributed by atoms with Gasteiger partial charge in [-0.3, -0.25) is 14.4 Å². The standard InChI is InChI=1S/C38H37F3N2O6/c1-23(2)28-22-26(37(47)48-5)18-20-32(28)49-33(44)16-9-11-24-17-19-31(29(21-24)36(46)43(3)4)42-35(45)34-27(25-12-7-6-8-13-25)14-10-15-30(34)38(39,40)41/h6-8,10,12-15,17-23H,9,11,16H2,1-5H3,(H,42,45). The Kier molecular flexibility index (Phi) is 11.6. The molecule has 0 saturated carbocycles. The minimum absolute atomic E-state index is 0.0362. The fourth-order valence-corrected chi connectivity index (χ4v) is 5.30. The summed E-state index contributed by atoms with van der Waals surface area (Å²) < 4.78 is 52.8. The van der Waals surface area contributed by atoms with E-state index in [0.29, 0.717) is 40.8 Å². The van der Waals surface area contributed by atoms with Crippen LogP contribution >= 0.6 is 0 Å². The SMILES string of the molecule is COC(=O)c1ccc(OC(=O)CCCc2ccc(NC(=O)c3c(-c4ccccc4)cccc3C(F)(F)F)c(C(=O)N(C)C)c2)c(C(C)C)c1.